The van der Waals surface area contributed by atoms with Crippen molar-refractivity contribution in [3.63, 3.8) is 0 Å². The highest BCUT2D eigenvalue weighted by Gasteiger charge is 2.16. The van der Waals surface area contributed by atoms with Gasteiger partial charge < -0.3 is 24.1 Å². The van der Waals surface area contributed by atoms with Crippen LogP contribution in [0, 0.1) is 0 Å². The van der Waals surface area contributed by atoms with E-state index < -0.39 is 23.3 Å². The van der Waals surface area contributed by atoms with Crippen molar-refractivity contribution in [1.29, 1.82) is 0 Å². The molecule has 1 heterocycles. The number of carboxylic acids is 1. The molecule has 0 unspecified atom stereocenters. The third-order valence-corrected chi connectivity index (χ3v) is 3.16. The van der Waals surface area contributed by atoms with Crippen LogP contribution in [0.3, 0.4) is 0 Å². The predicted molar refractivity (Wildman–Crippen MR) is 82.2 cm³/mol. The van der Waals surface area contributed by atoms with Gasteiger partial charge in [-0.05, 0) is 18.7 Å². The lowest BCUT2D eigenvalue weighted by atomic mass is 10.2. The van der Waals surface area contributed by atoms with Crippen molar-refractivity contribution in [3.8, 4) is 5.75 Å². The van der Waals surface area contributed by atoms with Gasteiger partial charge in [0.1, 0.15) is 30.1 Å². The van der Waals surface area contributed by atoms with Crippen molar-refractivity contribution < 1.29 is 33.7 Å². The van der Waals surface area contributed by atoms with E-state index in [1.54, 1.807) is 0 Å². The number of phenols is 1. The van der Waals surface area contributed by atoms with E-state index in [1.165, 1.54) is 12.1 Å². The molecule has 0 saturated heterocycles. The number of phenolic OH excluding ortho intramolecular Hbond substituents is 1. The molecule has 0 amide bonds. The molecule has 0 aliphatic heterocycles. The summed E-state index contributed by atoms with van der Waals surface area (Å²) in [6.07, 6.45) is 0. The molecule has 0 radical (unpaired) electrons. The summed E-state index contributed by atoms with van der Waals surface area (Å²) in [6, 6.07) is 3.69. The smallest absolute Gasteiger partial charge is 0.370 e. The lowest BCUT2D eigenvalue weighted by molar-refractivity contribution is -0.136. The van der Waals surface area contributed by atoms with Gasteiger partial charge in [0.25, 0.3) is 0 Å². The van der Waals surface area contributed by atoms with Crippen molar-refractivity contribution in [2.45, 2.75) is 0 Å². The van der Waals surface area contributed by atoms with Crippen LogP contribution in [-0.4, -0.2) is 35.4 Å². The Morgan fingerprint density at radius 1 is 1.21 bits per heavy atom. The fourth-order valence-corrected chi connectivity index (χ4v) is 1.88. The Hall–Kier alpha value is -3.00. The van der Waals surface area contributed by atoms with Crippen molar-refractivity contribution in [1.82, 2.24) is 0 Å². The molecule has 9 heteroatoms. The second-order valence-corrected chi connectivity index (χ2v) is 4.91. The van der Waals surface area contributed by atoms with Gasteiger partial charge in [-0.2, -0.15) is 0 Å². The molecular weight excluding hydrogens is 344 g/mol. The molecule has 24 heavy (non-hydrogen) atoms. The number of carbonyl (C=O) groups is 2. The minimum absolute atomic E-state index is 0.0243. The van der Waals surface area contributed by atoms with E-state index in [-0.39, 0.29) is 35.1 Å². The number of carboxylic acid groups (broad SMARTS) is 1. The Kier molecular flexibility index (Phi) is 5.10. The quantitative estimate of drug-likeness (QED) is 0.265. The van der Waals surface area contributed by atoms with Crippen molar-refractivity contribution in [3.05, 3.63) is 51.5 Å². The highest BCUT2D eigenvalue weighted by Crippen LogP contribution is 2.28. The van der Waals surface area contributed by atoms with Gasteiger partial charge in [-0.25, -0.2) is 14.4 Å². The first-order valence-corrected chi connectivity index (χ1v) is 6.86. The minimum Gasteiger partial charge on any atom is -0.506 e. The summed E-state index contributed by atoms with van der Waals surface area (Å²) in [5, 5.41) is 18.3. The number of fused-ring (bicyclic) bond motifs is 1. The van der Waals surface area contributed by atoms with Gasteiger partial charge in [0, 0.05) is 11.5 Å². The second-order valence-electron chi connectivity index (χ2n) is 4.50. The molecule has 2 N–H and O–H groups in total. The number of hydrogen-bond acceptors (Lipinski definition) is 7. The predicted octanol–water partition coefficient (Wildman–Crippen LogP) is 1.92. The van der Waals surface area contributed by atoms with Crippen LogP contribution in [0.2, 0.25) is 5.02 Å². The molecule has 0 atom stereocenters. The van der Waals surface area contributed by atoms with Crippen LogP contribution in [0.15, 0.2) is 39.7 Å². The molecular formula is C15H11ClO8. The third-order valence-electron chi connectivity index (χ3n) is 2.85. The molecule has 0 spiro atoms. The van der Waals surface area contributed by atoms with Gasteiger partial charge in [0.05, 0.1) is 5.02 Å². The zero-order chi connectivity index (χ0) is 17.9. The average Bonchev–Trinajstić information content (AvgIpc) is 2.52. The first-order valence-electron chi connectivity index (χ1n) is 6.48. The number of halogens is 1. The number of aromatic hydroxyl groups is 1. The zero-order valence-electron chi connectivity index (χ0n) is 12.1. The number of rotatable bonds is 6. The largest absolute Gasteiger partial charge is 0.506 e. The lowest BCUT2D eigenvalue weighted by Crippen LogP contribution is -2.18. The van der Waals surface area contributed by atoms with Gasteiger partial charge >= 0.3 is 17.6 Å². The number of esters is 1. The molecule has 8 nitrogen and oxygen atoms in total. The van der Waals surface area contributed by atoms with Crippen LogP contribution in [0.1, 0.15) is 10.4 Å². The number of carbonyl (C=O) groups excluding carboxylic acids is 1. The van der Waals surface area contributed by atoms with Gasteiger partial charge in [-0.15, -0.1) is 0 Å². The molecule has 0 bridgehead atoms. The van der Waals surface area contributed by atoms with E-state index in [0.29, 0.717) is 5.39 Å². The van der Waals surface area contributed by atoms with Crippen molar-refractivity contribution in [2.24, 2.45) is 0 Å². The van der Waals surface area contributed by atoms with Crippen LogP contribution < -0.4 is 5.63 Å². The Balaban J connectivity index is 2.10. The summed E-state index contributed by atoms with van der Waals surface area (Å²) in [5.41, 5.74) is -1.27. The van der Waals surface area contributed by atoms with E-state index in [1.807, 2.05) is 0 Å². The summed E-state index contributed by atoms with van der Waals surface area (Å²) in [7, 11) is 0. The second kappa shape index (κ2) is 7.05. The van der Waals surface area contributed by atoms with E-state index >= 15 is 0 Å². The maximum absolute atomic E-state index is 11.9. The highest BCUT2D eigenvalue weighted by atomic mass is 35.5. The summed E-state index contributed by atoms with van der Waals surface area (Å²) in [5.74, 6) is -3.07. The number of aliphatic carboxylic acids is 1. The van der Waals surface area contributed by atoms with Gasteiger partial charge in [0.15, 0.2) is 5.76 Å². The molecule has 126 valence electrons. The summed E-state index contributed by atoms with van der Waals surface area (Å²) in [4.78, 5) is 34.1. The van der Waals surface area contributed by atoms with Gasteiger partial charge in [-0.1, -0.05) is 11.6 Å². The van der Waals surface area contributed by atoms with Gasteiger partial charge in [-0.3, -0.25) is 0 Å². The Morgan fingerprint density at radius 2 is 1.88 bits per heavy atom. The standard InChI is InChI=1S/C15H11ClO8/c1-7(13(18)19)22-2-3-23-14(20)9-4-8-5-10(16)11(17)6-12(8)24-15(9)21/h4-6,17H,1-3H2,(H,18,19). The minimum atomic E-state index is -1.34. The molecule has 1 aromatic carbocycles. The zero-order valence-corrected chi connectivity index (χ0v) is 12.8. The van der Waals surface area contributed by atoms with E-state index in [0.717, 1.165) is 6.07 Å². The fraction of sp³-hybridized carbons (Fsp3) is 0.133. The van der Waals surface area contributed by atoms with Crippen LogP contribution in [0.4, 0.5) is 0 Å². The van der Waals surface area contributed by atoms with Crippen molar-refractivity contribution >= 4 is 34.5 Å². The normalized spacial score (nSPS) is 10.4. The van der Waals surface area contributed by atoms with Crippen molar-refractivity contribution in [2.75, 3.05) is 13.2 Å². The van der Waals surface area contributed by atoms with Crippen LogP contribution >= 0.6 is 11.6 Å². The third kappa shape index (κ3) is 3.85. The van der Waals surface area contributed by atoms with Crippen LogP contribution in [0.5, 0.6) is 5.75 Å². The molecule has 0 fully saturated rings. The SMILES string of the molecule is C=C(OCCOC(=O)c1cc2cc(Cl)c(O)cc2oc1=O)C(=O)O. The molecule has 0 saturated carbocycles. The molecule has 2 rings (SSSR count). The topological polar surface area (TPSA) is 123 Å². The Morgan fingerprint density at radius 3 is 2.54 bits per heavy atom. The van der Waals surface area contributed by atoms with Gasteiger partial charge in [0.2, 0.25) is 0 Å². The maximum atomic E-state index is 11.9. The van der Waals surface area contributed by atoms with E-state index in [4.69, 9.17) is 30.6 Å². The molecule has 1 aromatic heterocycles. The molecule has 0 aliphatic rings. The Labute approximate surface area is 139 Å². The van der Waals surface area contributed by atoms with E-state index in [9.17, 15) is 19.5 Å². The number of ether oxygens (including phenoxy) is 2. The average molecular weight is 355 g/mol. The molecule has 0 aliphatic carbocycles. The molecule has 2 aromatic rings. The first-order chi connectivity index (χ1) is 11.3. The number of benzene rings is 1. The van der Waals surface area contributed by atoms with E-state index in [2.05, 4.69) is 6.58 Å². The monoisotopic (exact) mass is 354 g/mol. The summed E-state index contributed by atoms with van der Waals surface area (Å²) < 4.78 is 14.4. The fourth-order valence-electron chi connectivity index (χ4n) is 1.71. The van der Waals surface area contributed by atoms with Crippen LogP contribution in [-0.2, 0) is 14.3 Å². The summed E-state index contributed by atoms with van der Waals surface area (Å²) >= 11 is 5.76. The number of hydrogen-bond donors (Lipinski definition) is 2. The maximum Gasteiger partial charge on any atom is 0.370 e. The van der Waals surface area contributed by atoms with Crippen LogP contribution in [0.25, 0.3) is 11.0 Å². The first kappa shape index (κ1) is 17.4. The lowest BCUT2D eigenvalue weighted by Gasteiger charge is -2.07. The Bertz CT molecular complexity index is 883. The summed E-state index contributed by atoms with van der Waals surface area (Å²) in [6.45, 7) is 2.60. The highest BCUT2D eigenvalue weighted by molar-refractivity contribution is 6.32.